The van der Waals surface area contributed by atoms with Crippen molar-refractivity contribution >= 4 is 44.9 Å². The number of ether oxygens (including phenoxy) is 4. The van der Waals surface area contributed by atoms with Crippen molar-refractivity contribution in [2.75, 3.05) is 57.3 Å². The van der Waals surface area contributed by atoms with Crippen LogP contribution < -0.4 is 26.4 Å². The fraction of sp³-hybridized carbons (Fsp3) is 0.235. The van der Waals surface area contributed by atoms with Gasteiger partial charge in [-0.25, -0.2) is 9.18 Å². The maximum Gasteiger partial charge on any atom is 0.323 e. The van der Waals surface area contributed by atoms with Crippen LogP contribution in [0.3, 0.4) is 0 Å². The average molecular weight is 675 g/mol. The maximum atomic E-state index is 15.1. The molecule has 0 radical (unpaired) electrons. The smallest absolute Gasteiger partial charge is 0.323 e. The molecule has 3 amide bonds. The van der Waals surface area contributed by atoms with Gasteiger partial charge in [0.1, 0.15) is 5.75 Å². The number of halogens is 1. The number of nitrogens with two attached hydrogens (primary N) is 1. The molecule has 48 heavy (non-hydrogen) atoms. The van der Waals surface area contributed by atoms with E-state index in [9.17, 15) is 9.59 Å². The molecule has 0 aliphatic rings. The monoisotopic (exact) mass is 674 g/mol. The first-order chi connectivity index (χ1) is 23.4. The standard InChI is InChI=1S/C34H35FN6O6S/c1-44-13-14-46-16-15-45-12-11-37-20-22-5-7-27(39-21-22)31-19-28-32(48-31)30(9-10-38-28)47-29-8-6-25(18-26(29)35)41-34(43)40-24-4-2-3-23(17-24)33(36)42/h2-10,17-19,21,37H,11-16,20H2,1H3,(H2,36,42)(H2,40,41,43). The Bertz CT molecular complexity index is 1840. The minimum atomic E-state index is -0.672. The highest BCUT2D eigenvalue weighted by molar-refractivity contribution is 7.22. The summed E-state index contributed by atoms with van der Waals surface area (Å²) in [5.41, 5.74) is 8.61. The van der Waals surface area contributed by atoms with Gasteiger partial charge in [0.05, 0.1) is 53.8 Å². The van der Waals surface area contributed by atoms with Gasteiger partial charge >= 0.3 is 6.03 Å². The predicted molar refractivity (Wildman–Crippen MR) is 182 cm³/mol. The fourth-order valence-electron chi connectivity index (χ4n) is 4.46. The number of thiophene rings is 1. The van der Waals surface area contributed by atoms with Crippen molar-refractivity contribution in [1.29, 1.82) is 0 Å². The second-order valence-corrected chi connectivity index (χ2v) is 11.4. The minimum absolute atomic E-state index is 0.0200. The van der Waals surface area contributed by atoms with Gasteiger partial charge in [-0.2, -0.15) is 0 Å². The molecule has 250 valence electrons. The molecule has 0 bridgehead atoms. The van der Waals surface area contributed by atoms with Crippen LogP contribution in [0.4, 0.5) is 20.6 Å². The van der Waals surface area contributed by atoms with Crippen LogP contribution >= 0.6 is 11.3 Å². The Morgan fingerprint density at radius 3 is 2.42 bits per heavy atom. The summed E-state index contributed by atoms with van der Waals surface area (Å²) in [4.78, 5) is 33.8. The number of rotatable bonds is 17. The first kappa shape index (κ1) is 34.3. The molecule has 5 aromatic rings. The van der Waals surface area contributed by atoms with E-state index in [0.29, 0.717) is 63.1 Å². The van der Waals surface area contributed by atoms with Crippen molar-refractivity contribution in [3.63, 3.8) is 0 Å². The number of urea groups is 1. The highest BCUT2D eigenvalue weighted by Crippen LogP contribution is 2.39. The van der Waals surface area contributed by atoms with Crippen molar-refractivity contribution in [2.45, 2.75) is 6.54 Å². The van der Waals surface area contributed by atoms with E-state index >= 15 is 4.39 Å². The number of nitrogens with one attached hydrogen (secondary N) is 3. The number of pyridine rings is 2. The van der Waals surface area contributed by atoms with E-state index in [1.807, 2.05) is 24.4 Å². The summed E-state index contributed by atoms with van der Waals surface area (Å²) in [5, 5.41) is 8.48. The Labute approximate surface area is 280 Å². The van der Waals surface area contributed by atoms with Crippen LogP contribution in [0, 0.1) is 5.82 Å². The summed E-state index contributed by atoms with van der Waals surface area (Å²) in [7, 11) is 1.64. The number of aromatic nitrogens is 2. The number of carbonyl (C=O) groups is 2. The van der Waals surface area contributed by atoms with Gasteiger partial charge in [0.2, 0.25) is 5.91 Å². The molecule has 0 fully saturated rings. The molecule has 3 heterocycles. The Morgan fingerprint density at radius 2 is 1.67 bits per heavy atom. The molecule has 3 aromatic heterocycles. The number of amides is 3. The largest absolute Gasteiger partial charge is 0.453 e. The SMILES string of the molecule is COCCOCCOCCNCc1ccc(-c2cc3nccc(Oc4ccc(NC(=O)Nc5cccc(C(N)=O)c5)cc4F)c3s2)nc1. The number of primary amides is 1. The Balaban J connectivity index is 1.14. The highest BCUT2D eigenvalue weighted by Gasteiger charge is 2.15. The van der Waals surface area contributed by atoms with E-state index < -0.39 is 17.8 Å². The van der Waals surface area contributed by atoms with Crippen LogP contribution in [-0.4, -0.2) is 68.6 Å². The zero-order valence-corrected chi connectivity index (χ0v) is 27.0. The third-order valence-electron chi connectivity index (χ3n) is 6.82. The number of carbonyl (C=O) groups excluding carboxylic acids is 2. The van der Waals surface area contributed by atoms with E-state index in [-0.39, 0.29) is 17.0 Å². The summed E-state index contributed by atoms with van der Waals surface area (Å²) in [6.07, 6.45) is 3.42. The predicted octanol–water partition coefficient (Wildman–Crippen LogP) is 5.80. The van der Waals surface area contributed by atoms with Gasteiger partial charge in [-0.15, -0.1) is 11.3 Å². The number of anilines is 2. The average Bonchev–Trinajstić information content (AvgIpc) is 3.53. The molecular formula is C34H35FN6O6S. The van der Waals surface area contributed by atoms with Crippen LogP contribution in [-0.2, 0) is 20.8 Å². The number of nitrogens with zero attached hydrogens (tertiary/aromatic N) is 2. The Kier molecular flexibility index (Phi) is 12.3. The number of benzene rings is 2. The van der Waals surface area contributed by atoms with Crippen LogP contribution in [0.25, 0.3) is 20.8 Å². The van der Waals surface area contributed by atoms with E-state index in [1.54, 1.807) is 31.5 Å². The van der Waals surface area contributed by atoms with Gasteiger partial charge in [0.25, 0.3) is 0 Å². The second-order valence-electron chi connectivity index (χ2n) is 10.4. The lowest BCUT2D eigenvalue weighted by atomic mass is 10.2. The molecule has 14 heteroatoms. The Hall–Kier alpha value is -4.99. The van der Waals surface area contributed by atoms with Gasteiger partial charge in [0, 0.05) is 61.7 Å². The van der Waals surface area contributed by atoms with Crippen LogP contribution in [0.15, 0.2) is 79.1 Å². The van der Waals surface area contributed by atoms with Crippen LogP contribution in [0.5, 0.6) is 11.5 Å². The summed E-state index contributed by atoms with van der Waals surface area (Å²) in [6.45, 7) is 4.15. The molecule has 5 rings (SSSR count). The van der Waals surface area contributed by atoms with Crippen LogP contribution in [0.2, 0.25) is 0 Å². The van der Waals surface area contributed by atoms with Crippen molar-refractivity contribution < 1.29 is 32.9 Å². The molecule has 0 unspecified atom stereocenters. The lowest BCUT2D eigenvalue weighted by molar-refractivity contribution is 0.0255. The summed E-state index contributed by atoms with van der Waals surface area (Å²) in [5.74, 6) is -0.873. The summed E-state index contributed by atoms with van der Waals surface area (Å²) >= 11 is 1.44. The van der Waals surface area contributed by atoms with Crippen molar-refractivity contribution in [2.24, 2.45) is 5.73 Å². The van der Waals surface area contributed by atoms with E-state index in [0.717, 1.165) is 26.9 Å². The number of hydrogen-bond donors (Lipinski definition) is 4. The molecular weight excluding hydrogens is 639 g/mol. The van der Waals surface area contributed by atoms with Crippen LogP contribution in [0.1, 0.15) is 15.9 Å². The van der Waals surface area contributed by atoms with E-state index in [4.69, 9.17) is 24.7 Å². The molecule has 0 aliphatic carbocycles. The third kappa shape index (κ3) is 9.76. The van der Waals surface area contributed by atoms with Crippen molar-refractivity contribution in [3.05, 3.63) is 96.1 Å². The zero-order valence-electron chi connectivity index (χ0n) is 26.2. The molecule has 5 N–H and O–H groups in total. The minimum Gasteiger partial charge on any atom is -0.453 e. The molecule has 0 saturated carbocycles. The summed E-state index contributed by atoms with van der Waals surface area (Å²) in [6, 6.07) is 17.2. The third-order valence-corrected chi connectivity index (χ3v) is 7.99. The number of fused-ring (bicyclic) bond motifs is 1. The topological polar surface area (TPSA) is 159 Å². The first-order valence-electron chi connectivity index (χ1n) is 15.0. The molecule has 0 atom stereocenters. The summed E-state index contributed by atoms with van der Waals surface area (Å²) < 4.78 is 37.6. The normalized spacial score (nSPS) is 11.0. The van der Waals surface area contributed by atoms with Gasteiger partial charge in [-0.3, -0.25) is 14.8 Å². The lowest BCUT2D eigenvalue weighted by Gasteiger charge is -2.11. The van der Waals surface area contributed by atoms with Gasteiger partial charge in [-0.05, 0) is 48.0 Å². The van der Waals surface area contributed by atoms with Gasteiger partial charge in [-0.1, -0.05) is 12.1 Å². The first-order valence-corrected chi connectivity index (χ1v) is 15.9. The molecule has 0 spiro atoms. The fourth-order valence-corrected chi connectivity index (χ4v) is 5.50. The molecule has 2 aromatic carbocycles. The molecule has 0 aliphatic heterocycles. The highest BCUT2D eigenvalue weighted by atomic mass is 32.1. The Morgan fingerprint density at radius 1 is 0.875 bits per heavy atom. The van der Waals surface area contributed by atoms with Crippen molar-refractivity contribution in [1.82, 2.24) is 15.3 Å². The second kappa shape index (κ2) is 17.2. The van der Waals surface area contributed by atoms with E-state index in [2.05, 4.69) is 25.9 Å². The van der Waals surface area contributed by atoms with Gasteiger partial charge in [0.15, 0.2) is 11.6 Å². The van der Waals surface area contributed by atoms with E-state index in [1.165, 1.54) is 35.6 Å². The van der Waals surface area contributed by atoms with Gasteiger partial charge < -0.3 is 40.6 Å². The molecule has 12 nitrogen and oxygen atoms in total. The molecule has 0 saturated heterocycles. The number of hydrogen-bond acceptors (Lipinski definition) is 10. The lowest BCUT2D eigenvalue weighted by Crippen LogP contribution is -2.20. The zero-order chi connectivity index (χ0) is 33.7. The van der Waals surface area contributed by atoms with Crippen molar-refractivity contribution in [3.8, 4) is 22.1 Å². The number of methoxy groups -OCH3 is 1. The maximum absolute atomic E-state index is 15.1. The quantitative estimate of drug-likeness (QED) is 0.0895.